The van der Waals surface area contributed by atoms with E-state index in [2.05, 4.69) is 29.7 Å². The summed E-state index contributed by atoms with van der Waals surface area (Å²) in [5, 5.41) is 3.64. The van der Waals surface area contributed by atoms with Crippen LogP contribution in [0.5, 0.6) is 0 Å². The molecule has 0 aliphatic carbocycles. The van der Waals surface area contributed by atoms with E-state index in [1.165, 1.54) is 5.69 Å². The third-order valence-electron chi connectivity index (χ3n) is 4.81. The van der Waals surface area contributed by atoms with E-state index in [1.807, 2.05) is 12.4 Å². The molecule has 0 spiro atoms. The Labute approximate surface area is 142 Å². The van der Waals surface area contributed by atoms with Crippen LogP contribution in [0.2, 0.25) is 0 Å². The van der Waals surface area contributed by atoms with Crippen molar-refractivity contribution in [2.45, 2.75) is 44.9 Å². The van der Waals surface area contributed by atoms with Crippen LogP contribution in [-0.4, -0.2) is 45.3 Å². The molecule has 0 saturated carbocycles. The molecule has 0 atom stereocenters. The predicted octanol–water partition coefficient (Wildman–Crippen LogP) is 1.35. The molecule has 1 saturated heterocycles. The Bertz CT molecular complexity index is 652. The number of rotatable bonds is 4. The molecule has 2 aromatic rings. The Morgan fingerprint density at radius 2 is 1.96 bits per heavy atom. The minimum Gasteiger partial charge on any atom is -0.381 e. The highest BCUT2D eigenvalue weighted by atomic mass is 16.5. The van der Waals surface area contributed by atoms with E-state index in [9.17, 15) is 0 Å². The van der Waals surface area contributed by atoms with Gasteiger partial charge < -0.3 is 19.5 Å². The maximum absolute atomic E-state index is 5.43. The Morgan fingerprint density at radius 1 is 1.12 bits per heavy atom. The first-order valence-electron chi connectivity index (χ1n) is 8.76. The molecule has 2 aromatic heterocycles. The van der Waals surface area contributed by atoms with Gasteiger partial charge in [0.05, 0.1) is 24.3 Å². The zero-order valence-electron chi connectivity index (χ0n) is 13.9. The minimum atomic E-state index is 0.537. The lowest BCUT2D eigenvalue weighted by Crippen LogP contribution is -2.34. The average Bonchev–Trinajstić information content (AvgIpc) is 2.89. The molecule has 1 fully saturated rings. The predicted molar refractivity (Wildman–Crippen MR) is 90.6 cm³/mol. The smallest absolute Gasteiger partial charge is 0.225 e. The van der Waals surface area contributed by atoms with E-state index in [-0.39, 0.29) is 0 Å². The lowest BCUT2D eigenvalue weighted by Gasteiger charge is -2.23. The second-order valence-electron chi connectivity index (χ2n) is 6.42. The van der Waals surface area contributed by atoms with Gasteiger partial charge in [-0.15, -0.1) is 0 Å². The normalized spacial score (nSPS) is 19.1. The summed E-state index contributed by atoms with van der Waals surface area (Å²) in [6, 6.07) is 2.39. The molecule has 0 unspecified atom stereocenters. The number of ether oxygens (including phenoxy) is 1. The monoisotopic (exact) mass is 328 g/mol. The highest BCUT2D eigenvalue weighted by Crippen LogP contribution is 2.19. The summed E-state index contributed by atoms with van der Waals surface area (Å²) in [6.45, 7) is 5.32. The van der Waals surface area contributed by atoms with E-state index in [4.69, 9.17) is 4.74 Å². The van der Waals surface area contributed by atoms with Crippen molar-refractivity contribution < 1.29 is 4.74 Å². The molecule has 2 aliphatic heterocycles. The first-order valence-corrected chi connectivity index (χ1v) is 8.76. The second-order valence-corrected chi connectivity index (χ2v) is 6.42. The van der Waals surface area contributed by atoms with E-state index in [1.54, 1.807) is 12.4 Å². The number of hydrogen-bond donors (Lipinski definition) is 1. The van der Waals surface area contributed by atoms with Gasteiger partial charge in [-0.3, -0.25) is 0 Å². The van der Waals surface area contributed by atoms with Gasteiger partial charge in [0.1, 0.15) is 0 Å². The van der Waals surface area contributed by atoms with Gasteiger partial charge in [-0.2, -0.15) is 0 Å². The van der Waals surface area contributed by atoms with E-state index in [0.29, 0.717) is 6.04 Å². The Hall–Kier alpha value is -1.99. The summed E-state index contributed by atoms with van der Waals surface area (Å²) >= 11 is 0. The maximum Gasteiger partial charge on any atom is 0.225 e. The van der Waals surface area contributed by atoms with Crippen LogP contribution in [0.4, 0.5) is 5.95 Å². The van der Waals surface area contributed by atoms with E-state index in [0.717, 1.165) is 70.3 Å². The topological polar surface area (TPSA) is 68.1 Å². The van der Waals surface area contributed by atoms with Crippen LogP contribution in [0, 0.1) is 0 Å². The molecule has 1 N–H and O–H groups in total. The van der Waals surface area contributed by atoms with Crippen molar-refractivity contribution in [3.8, 4) is 0 Å². The van der Waals surface area contributed by atoms with Crippen LogP contribution in [0.1, 0.15) is 30.7 Å². The van der Waals surface area contributed by atoms with Crippen molar-refractivity contribution in [3.63, 3.8) is 0 Å². The van der Waals surface area contributed by atoms with Crippen molar-refractivity contribution in [2.24, 2.45) is 0 Å². The van der Waals surface area contributed by atoms with Gasteiger partial charge in [-0.25, -0.2) is 15.0 Å². The van der Waals surface area contributed by atoms with Crippen LogP contribution in [0.15, 0.2) is 24.8 Å². The van der Waals surface area contributed by atoms with Crippen LogP contribution in [0.25, 0.3) is 0 Å². The van der Waals surface area contributed by atoms with Gasteiger partial charge >= 0.3 is 0 Å². The van der Waals surface area contributed by atoms with Gasteiger partial charge in [0.2, 0.25) is 5.95 Å². The zero-order chi connectivity index (χ0) is 16.2. The number of nitrogens with one attached hydrogen (secondary N) is 1. The average molecular weight is 328 g/mol. The first kappa shape index (κ1) is 15.5. The summed E-state index contributed by atoms with van der Waals surface area (Å²) in [6.07, 6.45) is 8.83. The number of hydrogen-bond acceptors (Lipinski definition) is 6. The Kier molecular flexibility index (Phi) is 4.71. The molecule has 0 radical (unpaired) electrons. The van der Waals surface area contributed by atoms with Gasteiger partial charge in [0.25, 0.3) is 0 Å². The Morgan fingerprint density at radius 3 is 2.79 bits per heavy atom. The molecule has 0 aromatic carbocycles. The van der Waals surface area contributed by atoms with Crippen molar-refractivity contribution in [2.75, 3.05) is 24.7 Å². The summed E-state index contributed by atoms with van der Waals surface area (Å²) in [5.74, 6) is 0.801. The summed E-state index contributed by atoms with van der Waals surface area (Å²) in [4.78, 5) is 15.7. The van der Waals surface area contributed by atoms with Gasteiger partial charge in [0.15, 0.2) is 0 Å². The Balaban J connectivity index is 1.47. The third kappa shape index (κ3) is 3.42. The minimum absolute atomic E-state index is 0.537. The fourth-order valence-electron chi connectivity index (χ4n) is 3.43. The van der Waals surface area contributed by atoms with Crippen molar-refractivity contribution >= 4 is 5.95 Å². The quantitative estimate of drug-likeness (QED) is 0.914. The zero-order valence-corrected chi connectivity index (χ0v) is 13.9. The molecular weight excluding hydrogens is 304 g/mol. The van der Waals surface area contributed by atoms with Crippen LogP contribution in [-0.2, 0) is 24.4 Å². The second kappa shape index (κ2) is 7.27. The van der Waals surface area contributed by atoms with Crippen LogP contribution >= 0.6 is 0 Å². The fourth-order valence-corrected chi connectivity index (χ4v) is 3.43. The van der Waals surface area contributed by atoms with E-state index < -0.39 is 0 Å². The molecule has 4 rings (SSSR count). The summed E-state index contributed by atoms with van der Waals surface area (Å²) < 4.78 is 7.71. The van der Waals surface area contributed by atoms with Crippen molar-refractivity contribution in [1.29, 1.82) is 0 Å². The molecule has 4 heterocycles. The lowest BCUT2D eigenvalue weighted by molar-refractivity contribution is 0.0775. The number of fused-ring (bicyclic) bond motifs is 1. The van der Waals surface area contributed by atoms with Crippen molar-refractivity contribution in [1.82, 2.24) is 24.8 Å². The molecule has 2 aliphatic rings. The SMILES string of the molecule is c1cnc(N2CCCn3cnc(CNC4CCOCC4)c3C2)nc1. The summed E-state index contributed by atoms with van der Waals surface area (Å²) in [5.41, 5.74) is 2.42. The fraction of sp³-hybridized carbons (Fsp3) is 0.588. The molecule has 0 bridgehead atoms. The van der Waals surface area contributed by atoms with Crippen LogP contribution in [0.3, 0.4) is 0 Å². The van der Waals surface area contributed by atoms with Crippen molar-refractivity contribution in [3.05, 3.63) is 36.2 Å². The number of imidazole rings is 1. The molecule has 24 heavy (non-hydrogen) atoms. The highest BCUT2D eigenvalue weighted by molar-refractivity contribution is 5.32. The van der Waals surface area contributed by atoms with Gasteiger partial charge in [-0.05, 0) is 25.3 Å². The molecule has 7 nitrogen and oxygen atoms in total. The largest absolute Gasteiger partial charge is 0.381 e. The molecule has 7 heteroatoms. The maximum atomic E-state index is 5.43. The number of aromatic nitrogens is 4. The van der Waals surface area contributed by atoms with Gasteiger partial charge in [0, 0.05) is 51.3 Å². The van der Waals surface area contributed by atoms with Gasteiger partial charge in [-0.1, -0.05) is 0 Å². The number of nitrogens with zero attached hydrogens (tertiary/aromatic N) is 5. The third-order valence-corrected chi connectivity index (χ3v) is 4.81. The number of anilines is 1. The molecule has 128 valence electrons. The molecule has 0 amide bonds. The first-order chi connectivity index (χ1) is 11.9. The highest BCUT2D eigenvalue weighted by Gasteiger charge is 2.21. The van der Waals surface area contributed by atoms with Crippen LogP contribution < -0.4 is 10.2 Å². The van der Waals surface area contributed by atoms with E-state index >= 15 is 0 Å². The molecular formula is C17H24N6O. The number of aryl methyl sites for hydroxylation is 1. The summed E-state index contributed by atoms with van der Waals surface area (Å²) in [7, 11) is 0. The lowest BCUT2D eigenvalue weighted by atomic mass is 10.1. The standard InChI is InChI=1S/C17H24N6O/c1-5-18-17(19-6-1)22-7-2-8-23-13-21-15(16(23)12-22)11-20-14-3-9-24-10-4-14/h1,5-6,13-14,20H,2-4,7-12H2.